The van der Waals surface area contributed by atoms with Crippen LogP contribution in [0, 0.1) is 5.82 Å². The Morgan fingerprint density at radius 3 is 2.41 bits per heavy atom. The lowest BCUT2D eigenvalue weighted by molar-refractivity contribution is 0.538. The van der Waals surface area contributed by atoms with Crippen LogP contribution in [0.1, 0.15) is 11.1 Å². The van der Waals surface area contributed by atoms with Gasteiger partial charge >= 0.3 is 0 Å². The van der Waals surface area contributed by atoms with E-state index in [-0.39, 0.29) is 5.82 Å². The van der Waals surface area contributed by atoms with Crippen LogP contribution in [0.5, 0.6) is 0 Å². The summed E-state index contributed by atoms with van der Waals surface area (Å²) in [5.41, 5.74) is 2.31. The molecule has 0 bridgehead atoms. The molecule has 1 aromatic heterocycles. The molecule has 0 saturated heterocycles. The van der Waals surface area contributed by atoms with E-state index in [2.05, 4.69) is 5.32 Å². The van der Waals surface area contributed by atoms with Gasteiger partial charge in [0.25, 0.3) is 0 Å². The van der Waals surface area contributed by atoms with Gasteiger partial charge in [0, 0.05) is 6.04 Å². The molecule has 3 heteroatoms. The van der Waals surface area contributed by atoms with Gasteiger partial charge in [-0.2, -0.15) is 0 Å². The van der Waals surface area contributed by atoms with E-state index < -0.39 is 0 Å². The predicted molar refractivity (Wildman–Crippen MR) is 65.4 cm³/mol. The van der Waals surface area contributed by atoms with E-state index in [4.69, 9.17) is 4.42 Å². The average Bonchev–Trinajstić information content (AvgIpc) is 2.84. The second-order valence-corrected chi connectivity index (χ2v) is 4.15. The molecule has 0 fully saturated rings. The highest BCUT2D eigenvalue weighted by Gasteiger charge is 2.09. The van der Waals surface area contributed by atoms with E-state index >= 15 is 0 Å². The zero-order chi connectivity index (χ0) is 12.1. The van der Waals surface area contributed by atoms with E-state index in [9.17, 15) is 4.39 Å². The molecular formula is C14H16FNO. The van der Waals surface area contributed by atoms with E-state index in [1.54, 1.807) is 12.5 Å². The highest BCUT2D eigenvalue weighted by atomic mass is 19.1. The van der Waals surface area contributed by atoms with Crippen LogP contribution in [0.25, 0.3) is 0 Å². The molecule has 2 aromatic rings. The van der Waals surface area contributed by atoms with Crippen LogP contribution < -0.4 is 5.32 Å². The Labute approximate surface area is 100 Å². The lowest BCUT2D eigenvalue weighted by Gasteiger charge is -2.15. The minimum Gasteiger partial charge on any atom is -0.472 e. The van der Waals surface area contributed by atoms with Gasteiger partial charge in [0.05, 0.1) is 12.5 Å². The smallest absolute Gasteiger partial charge is 0.123 e. The normalized spacial score (nSPS) is 12.6. The summed E-state index contributed by atoms with van der Waals surface area (Å²) >= 11 is 0. The summed E-state index contributed by atoms with van der Waals surface area (Å²) in [5, 5.41) is 3.27. The molecule has 0 aliphatic heterocycles. The number of likely N-dealkylation sites (N-methyl/N-ethyl adjacent to an activating group) is 1. The molecule has 0 amide bonds. The van der Waals surface area contributed by atoms with Crippen LogP contribution in [0.2, 0.25) is 0 Å². The molecule has 0 saturated carbocycles. The van der Waals surface area contributed by atoms with Crippen molar-refractivity contribution in [2.45, 2.75) is 18.9 Å². The minimum absolute atomic E-state index is 0.190. The third-order valence-corrected chi connectivity index (χ3v) is 2.87. The first kappa shape index (κ1) is 11.9. The van der Waals surface area contributed by atoms with Gasteiger partial charge in [0.15, 0.2) is 0 Å². The number of hydrogen-bond acceptors (Lipinski definition) is 2. The summed E-state index contributed by atoms with van der Waals surface area (Å²) in [5.74, 6) is -0.190. The monoisotopic (exact) mass is 233 g/mol. The molecule has 1 unspecified atom stereocenters. The van der Waals surface area contributed by atoms with Gasteiger partial charge in [-0.25, -0.2) is 4.39 Å². The Kier molecular flexibility index (Phi) is 3.94. The Hall–Kier alpha value is -1.61. The van der Waals surface area contributed by atoms with Gasteiger partial charge in [-0.3, -0.25) is 0 Å². The van der Waals surface area contributed by atoms with E-state index in [0.29, 0.717) is 6.04 Å². The topological polar surface area (TPSA) is 25.2 Å². The molecule has 1 aromatic carbocycles. The van der Waals surface area contributed by atoms with Gasteiger partial charge in [0.2, 0.25) is 0 Å². The standard InChI is InChI=1S/C14H16FNO/c1-16-14(9-12-6-7-17-10-12)8-11-2-4-13(15)5-3-11/h2-7,10,14,16H,8-9H2,1H3. The molecule has 2 rings (SSSR count). The molecule has 0 aliphatic carbocycles. The minimum atomic E-state index is -0.190. The molecule has 0 radical (unpaired) electrons. The van der Waals surface area contributed by atoms with Crippen molar-refractivity contribution in [2.24, 2.45) is 0 Å². The predicted octanol–water partition coefficient (Wildman–Crippen LogP) is 2.79. The van der Waals surface area contributed by atoms with Gasteiger partial charge in [-0.1, -0.05) is 12.1 Å². The van der Waals surface area contributed by atoms with Gasteiger partial charge in [-0.05, 0) is 49.2 Å². The lowest BCUT2D eigenvalue weighted by atomic mass is 10.0. The summed E-state index contributed by atoms with van der Waals surface area (Å²) in [7, 11) is 1.94. The molecule has 1 heterocycles. The number of hydrogen-bond donors (Lipinski definition) is 1. The van der Waals surface area contributed by atoms with Crippen LogP contribution >= 0.6 is 0 Å². The van der Waals surface area contributed by atoms with Crippen molar-refractivity contribution in [1.82, 2.24) is 5.32 Å². The summed E-state index contributed by atoms with van der Waals surface area (Å²) < 4.78 is 17.8. The first-order chi connectivity index (χ1) is 8.28. The Morgan fingerprint density at radius 1 is 1.12 bits per heavy atom. The zero-order valence-electron chi connectivity index (χ0n) is 9.82. The highest BCUT2D eigenvalue weighted by molar-refractivity contribution is 5.18. The Bertz CT molecular complexity index is 436. The van der Waals surface area contributed by atoms with Crippen LogP contribution in [-0.4, -0.2) is 13.1 Å². The second-order valence-electron chi connectivity index (χ2n) is 4.15. The van der Waals surface area contributed by atoms with Crippen molar-refractivity contribution in [3.05, 3.63) is 59.8 Å². The van der Waals surface area contributed by atoms with Crippen molar-refractivity contribution >= 4 is 0 Å². The van der Waals surface area contributed by atoms with Crippen molar-refractivity contribution in [3.63, 3.8) is 0 Å². The van der Waals surface area contributed by atoms with E-state index in [1.165, 1.54) is 17.7 Å². The number of nitrogens with one attached hydrogen (secondary N) is 1. The summed E-state index contributed by atoms with van der Waals surface area (Å²) in [6.07, 6.45) is 5.22. The fraction of sp³-hybridized carbons (Fsp3) is 0.286. The van der Waals surface area contributed by atoms with E-state index in [0.717, 1.165) is 18.4 Å². The largest absolute Gasteiger partial charge is 0.472 e. The lowest BCUT2D eigenvalue weighted by Crippen LogP contribution is -2.29. The highest BCUT2D eigenvalue weighted by Crippen LogP contribution is 2.10. The van der Waals surface area contributed by atoms with Crippen LogP contribution in [0.3, 0.4) is 0 Å². The van der Waals surface area contributed by atoms with Crippen LogP contribution in [-0.2, 0) is 12.8 Å². The number of benzene rings is 1. The third kappa shape index (κ3) is 3.43. The van der Waals surface area contributed by atoms with Crippen LogP contribution in [0.15, 0.2) is 47.3 Å². The van der Waals surface area contributed by atoms with Gasteiger partial charge in [0.1, 0.15) is 5.82 Å². The second kappa shape index (κ2) is 5.64. The molecule has 0 aliphatic rings. The zero-order valence-corrected chi connectivity index (χ0v) is 9.82. The maximum atomic E-state index is 12.8. The summed E-state index contributed by atoms with van der Waals surface area (Å²) in [4.78, 5) is 0. The molecule has 0 spiro atoms. The SMILES string of the molecule is CNC(Cc1ccc(F)cc1)Cc1ccoc1. The number of furan rings is 1. The maximum absolute atomic E-state index is 12.8. The molecule has 17 heavy (non-hydrogen) atoms. The maximum Gasteiger partial charge on any atom is 0.123 e. The van der Waals surface area contributed by atoms with Crippen molar-refractivity contribution in [1.29, 1.82) is 0 Å². The third-order valence-electron chi connectivity index (χ3n) is 2.87. The van der Waals surface area contributed by atoms with Gasteiger partial charge in [-0.15, -0.1) is 0 Å². The quantitative estimate of drug-likeness (QED) is 0.859. The first-order valence-electron chi connectivity index (χ1n) is 5.70. The molecule has 90 valence electrons. The molecule has 1 N–H and O–H groups in total. The first-order valence-corrected chi connectivity index (χ1v) is 5.70. The number of halogens is 1. The van der Waals surface area contributed by atoms with E-state index in [1.807, 2.05) is 25.2 Å². The average molecular weight is 233 g/mol. The fourth-order valence-electron chi connectivity index (χ4n) is 1.87. The Morgan fingerprint density at radius 2 is 1.82 bits per heavy atom. The Balaban J connectivity index is 1.97. The van der Waals surface area contributed by atoms with Crippen LogP contribution in [0.4, 0.5) is 4.39 Å². The molecular weight excluding hydrogens is 217 g/mol. The fourth-order valence-corrected chi connectivity index (χ4v) is 1.87. The van der Waals surface area contributed by atoms with Crippen molar-refractivity contribution in [2.75, 3.05) is 7.05 Å². The summed E-state index contributed by atoms with van der Waals surface area (Å²) in [6.45, 7) is 0. The van der Waals surface area contributed by atoms with Crippen molar-refractivity contribution < 1.29 is 8.81 Å². The molecule has 1 atom stereocenters. The van der Waals surface area contributed by atoms with Gasteiger partial charge < -0.3 is 9.73 Å². The molecule has 2 nitrogen and oxygen atoms in total. The number of rotatable bonds is 5. The summed E-state index contributed by atoms with van der Waals surface area (Å²) in [6, 6.07) is 8.96. The van der Waals surface area contributed by atoms with Crippen molar-refractivity contribution in [3.8, 4) is 0 Å².